The van der Waals surface area contributed by atoms with E-state index in [0.29, 0.717) is 5.75 Å². The van der Waals surface area contributed by atoms with Crippen LogP contribution in [0.2, 0.25) is 0 Å². The van der Waals surface area contributed by atoms with Crippen molar-refractivity contribution in [3.8, 4) is 0 Å². The Labute approximate surface area is 102 Å². The molecule has 0 aromatic heterocycles. The molecule has 0 aromatic carbocycles. The van der Waals surface area contributed by atoms with Gasteiger partial charge in [0.1, 0.15) is 0 Å². The Morgan fingerprint density at radius 3 is 2.50 bits per heavy atom. The van der Waals surface area contributed by atoms with Gasteiger partial charge in [-0.25, -0.2) is 0 Å². The Morgan fingerprint density at radius 2 is 2.08 bits per heavy atom. The molecule has 7 heteroatoms. The molecule has 0 amide bonds. The average Bonchev–Trinajstić information content (AvgIpc) is 1.99. The maximum absolute atomic E-state index is 10.5. The average molecular weight is 224 g/mol. The predicted molar refractivity (Wildman–Crippen MR) is 45.5 cm³/mol. The SMILES string of the molecule is CCCCSOS(=O)(=O)OC.[H-].[Na+]. The smallest absolute Gasteiger partial charge is 1.00 e. The van der Waals surface area contributed by atoms with Crippen LogP contribution in [0.1, 0.15) is 21.2 Å². The Kier molecular flexibility index (Phi) is 11.5. The quantitative estimate of drug-likeness (QED) is 0.311. The normalized spacial score (nSPS) is 10.8. The van der Waals surface area contributed by atoms with Gasteiger partial charge in [-0.1, -0.05) is 13.3 Å². The van der Waals surface area contributed by atoms with E-state index in [1.807, 2.05) is 6.92 Å². The van der Waals surface area contributed by atoms with Gasteiger partial charge in [0.2, 0.25) is 0 Å². The summed E-state index contributed by atoms with van der Waals surface area (Å²) in [4.78, 5) is 0. The Bertz CT molecular complexity index is 185. The third-order valence-corrected chi connectivity index (χ3v) is 2.83. The summed E-state index contributed by atoms with van der Waals surface area (Å²) in [5, 5.41) is 0. The molecule has 0 spiro atoms. The van der Waals surface area contributed by atoms with E-state index in [4.69, 9.17) is 0 Å². The van der Waals surface area contributed by atoms with Crippen LogP contribution in [-0.2, 0) is 18.2 Å². The van der Waals surface area contributed by atoms with Gasteiger partial charge in [-0.15, -0.1) is 0 Å². The van der Waals surface area contributed by atoms with Crippen molar-refractivity contribution in [1.29, 1.82) is 0 Å². The van der Waals surface area contributed by atoms with E-state index < -0.39 is 10.4 Å². The van der Waals surface area contributed by atoms with Crippen LogP contribution < -0.4 is 29.6 Å². The fourth-order valence-corrected chi connectivity index (χ4v) is 1.70. The molecule has 0 aliphatic rings. The predicted octanol–water partition coefficient (Wildman–Crippen LogP) is -1.54. The van der Waals surface area contributed by atoms with Crippen LogP contribution in [0, 0.1) is 0 Å². The van der Waals surface area contributed by atoms with E-state index in [1.54, 1.807) is 0 Å². The summed E-state index contributed by atoms with van der Waals surface area (Å²) in [5.74, 6) is 0.666. The van der Waals surface area contributed by atoms with Crippen molar-refractivity contribution in [3.63, 3.8) is 0 Å². The minimum atomic E-state index is -3.74. The number of hydrogen-bond acceptors (Lipinski definition) is 5. The van der Waals surface area contributed by atoms with Crippen molar-refractivity contribution in [2.24, 2.45) is 0 Å². The summed E-state index contributed by atoms with van der Waals surface area (Å²) in [6.07, 6.45) is 1.95. The minimum Gasteiger partial charge on any atom is -1.00 e. The van der Waals surface area contributed by atoms with Gasteiger partial charge >= 0.3 is 40.0 Å². The van der Waals surface area contributed by atoms with Crippen LogP contribution >= 0.6 is 12.0 Å². The van der Waals surface area contributed by atoms with Crippen LogP contribution in [0.3, 0.4) is 0 Å². The molecule has 70 valence electrons. The maximum Gasteiger partial charge on any atom is 1.00 e. The summed E-state index contributed by atoms with van der Waals surface area (Å²) in [5.41, 5.74) is 0. The van der Waals surface area contributed by atoms with E-state index in [-0.39, 0.29) is 31.0 Å². The van der Waals surface area contributed by atoms with Crippen LogP contribution in [0.5, 0.6) is 0 Å². The first kappa shape index (κ1) is 15.7. The van der Waals surface area contributed by atoms with Crippen molar-refractivity contribution < 1.29 is 47.2 Å². The van der Waals surface area contributed by atoms with E-state index >= 15 is 0 Å². The zero-order valence-corrected chi connectivity index (χ0v) is 11.2. The van der Waals surface area contributed by atoms with Crippen molar-refractivity contribution in [3.05, 3.63) is 0 Å². The van der Waals surface area contributed by atoms with Gasteiger partial charge in [-0.05, 0) is 6.42 Å². The first-order valence-corrected chi connectivity index (χ1v) is 5.48. The van der Waals surface area contributed by atoms with Gasteiger partial charge in [0.15, 0.2) is 0 Å². The molecule has 0 radical (unpaired) electrons. The largest absolute Gasteiger partial charge is 1.00 e. The molecule has 0 saturated carbocycles. The first-order valence-electron chi connectivity index (χ1n) is 3.24. The Balaban J connectivity index is -0.000000500. The molecule has 0 atom stereocenters. The molecule has 0 saturated heterocycles. The maximum atomic E-state index is 10.5. The van der Waals surface area contributed by atoms with Gasteiger partial charge in [0.25, 0.3) is 0 Å². The van der Waals surface area contributed by atoms with Gasteiger partial charge < -0.3 is 1.43 Å². The second-order valence-electron chi connectivity index (χ2n) is 1.82. The summed E-state index contributed by atoms with van der Waals surface area (Å²) in [6, 6.07) is 0. The van der Waals surface area contributed by atoms with Crippen LogP contribution in [0.4, 0.5) is 0 Å². The van der Waals surface area contributed by atoms with Crippen LogP contribution in [0.15, 0.2) is 0 Å². The van der Waals surface area contributed by atoms with Crippen molar-refractivity contribution in [1.82, 2.24) is 0 Å². The zero-order chi connectivity index (χ0) is 8.74. The molecule has 0 rings (SSSR count). The Morgan fingerprint density at radius 1 is 1.50 bits per heavy atom. The summed E-state index contributed by atoms with van der Waals surface area (Å²) >= 11 is 0.896. The summed E-state index contributed by atoms with van der Waals surface area (Å²) < 4.78 is 29.4. The molecular formula is C5H13NaO4S2. The number of unbranched alkanes of at least 4 members (excludes halogenated alkanes) is 1. The summed E-state index contributed by atoms with van der Waals surface area (Å²) in [6.45, 7) is 2.02. The van der Waals surface area contributed by atoms with Gasteiger partial charge in [-0.2, -0.15) is 12.0 Å². The van der Waals surface area contributed by atoms with E-state index in [2.05, 4.69) is 7.81 Å². The van der Waals surface area contributed by atoms with Gasteiger partial charge in [-0.3, -0.25) is 4.18 Å². The molecule has 0 aromatic rings. The molecule has 0 fully saturated rings. The zero-order valence-electron chi connectivity index (χ0n) is 8.57. The molecular weight excluding hydrogens is 211 g/mol. The molecule has 0 aliphatic heterocycles. The fraction of sp³-hybridized carbons (Fsp3) is 1.00. The standard InChI is InChI=1S/C5H12O4S2.Na.H/c1-3-4-5-10-9-11(6,7)8-2;;/h3-5H2,1-2H3;;/q;+1;-1. The first-order chi connectivity index (χ1) is 5.12. The molecule has 0 N–H and O–H groups in total. The molecule has 0 unspecified atom stereocenters. The Hall–Kier alpha value is 1.22. The number of hydrogen-bond donors (Lipinski definition) is 0. The summed E-state index contributed by atoms with van der Waals surface area (Å²) in [7, 11) is -2.67. The van der Waals surface area contributed by atoms with E-state index in [1.165, 1.54) is 0 Å². The van der Waals surface area contributed by atoms with E-state index in [9.17, 15) is 8.42 Å². The van der Waals surface area contributed by atoms with Gasteiger partial charge in [0, 0.05) is 17.8 Å². The van der Waals surface area contributed by atoms with Crippen molar-refractivity contribution in [2.45, 2.75) is 19.8 Å². The minimum absolute atomic E-state index is 0. The van der Waals surface area contributed by atoms with Crippen LogP contribution in [-0.4, -0.2) is 21.3 Å². The van der Waals surface area contributed by atoms with Crippen molar-refractivity contribution in [2.75, 3.05) is 12.9 Å². The van der Waals surface area contributed by atoms with Crippen LogP contribution in [0.25, 0.3) is 0 Å². The fourth-order valence-electron chi connectivity index (χ4n) is 0.324. The second kappa shape index (κ2) is 8.80. The molecule has 0 aliphatic carbocycles. The molecule has 0 heterocycles. The third-order valence-electron chi connectivity index (χ3n) is 0.917. The number of rotatable bonds is 6. The topological polar surface area (TPSA) is 52.6 Å². The molecule has 0 bridgehead atoms. The molecule has 4 nitrogen and oxygen atoms in total. The van der Waals surface area contributed by atoms with Gasteiger partial charge in [0.05, 0.1) is 7.11 Å². The monoisotopic (exact) mass is 224 g/mol. The van der Waals surface area contributed by atoms with Crippen molar-refractivity contribution >= 4 is 22.4 Å². The molecule has 12 heavy (non-hydrogen) atoms. The third kappa shape index (κ3) is 9.31. The second-order valence-corrected chi connectivity index (χ2v) is 4.16. The van der Waals surface area contributed by atoms with E-state index in [0.717, 1.165) is 32.0 Å².